The van der Waals surface area contributed by atoms with Crippen LogP contribution in [-0.4, -0.2) is 39.0 Å². The first-order valence-electron chi connectivity index (χ1n) is 10.7. The minimum Gasteiger partial charge on any atom is -0.466 e. The van der Waals surface area contributed by atoms with Gasteiger partial charge in [-0.1, -0.05) is 60.3 Å². The first-order chi connectivity index (χ1) is 12.3. The van der Waals surface area contributed by atoms with E-state index in [-0.39, 0.29) is 5.97 Å². The van der Waals surface area contributed by atoms with E-state index in [0.29, 0.717) is 50.6 Å². The van der Waals surface area contributed by atoms with Crippen LogP contribution in [0.4, 0.5) is 0 Å². The second-order valence-electron chi connectivity index (χ2n) is 8.62. The van der Waals surface area contributed by atoms with Crippen molar-refractivity contribution in [3.8, 4) is 0 Å². The average molecular weight is 373 g/mol. The molecule has 0 bridgehead atoms. The Hall–Kier alpha value is -0.610. The van der Waals surface area contributed by atoms with Gasteiger partial charge in [0.05, 0.1) is 19.8 Å². The summed E-state index contributed by atoms with van der Waals surface area (Å²) < 4.78 is 16.3. The van der Waals surface area contributed by atoms with E-state index in [1.54, 1.807) is 0 Å². The van der Waals surface area contributed by atoms with E-state index < -0.39 is 0 Å². The SMILES string of the molecule is CCCCCCCOCCOCCCC(=O)OCCC(C)CC(C)(C)C. The van der Waals surface area contributed by atoms with Crippen molar-refractivity contribution < 1.29 is 19.0 Å². The first-order valence-corrected chi connectivity index (χ1v) is 10.7. The highest BCUT2D eigenvalue weighted by atomic mass is 16.5. The van der Waals surface area contributed by atoms with Crippen molar-refractivity contribution in [1.82, 2.24) is 0 Å². The molecule has 0 aliphatic heterocycles. The van der Waals surface area contributed by atoms with Crippen molar-refractivity contribution in [2.45, 2.75) is 92.4 Å². The van der Waals surface area contributed by atoms with Crippen LogP contribution in [0.5, 0.6) is 0 Å². The maximum Gasteiger partial charge on any atom is 0.305 e. The van der Waals surface area contributed by atoms with Gasteiger partial charge in [-0.2, -0.15) is 0 Å². The number of esters is 1. The zero-order valence-corrected chi connectivity index (χ0v) is 18.1. The summed E-state index contributed by atoms with van der Waals surface area (Å²) in [5.74, 6) is 0.470. The highest BCUT2D eigenvalue weighted by molar-refractivity contribution is 5.69. The van der Waals surface area contributed by atoms with Crippen LogP contribution in [0.1, 0.15) is 92.4 Å². The molecule has 1 unspecified atom stereocenters. The van der Waals surface area contributed by atoms with Crippen LogP contribution in [0.2, 0.25) is 0 Å². The van der Waals surface area contributed by atoms with E-state index in [1.807, 2.05) is 0 Å². The Morgan fingerprint density at radius 3 is 2.08 bits per heavy atom. The molecule has 4 nitrogen and oxygen atoms in total. The molecule has 0 N–H and O–H groups in total. The highest BCUT2D eigenvalue weighted by Crippen LogP contribution is 2.25. The molecular formula is C22H44O4. The third-order valence-electron chi connectivity index (χ3n) is 4.27. The first kappa shape index (κ1) is 25.4. The molecule has 0 saturated carbocycles. The fourth-order valence-electron chi connectivity index (χ4n) is 3.04. The van der Waals surface area contributed by atoms with Crippen LogP contribution in [0.15, 0.2) is 0 Å². The summed E-state index contributed by atoms with van der Waals surface area (Å²) in [6.07, 6.45) is 9.54. The van der Waals surface area contributed by atoms with Gasteiger partial charge in [-0.05, 0) is 37.0 Å². The number of hydrogen-bond acceptors (Lipinski definition) is 4. The lowest BCUT2D eigenvalue weighted by Crippen LogP contribution is -2.14. The van der Waals surface area contributed by atoms with Gasteiger partial charge in [-0.15, -0.1) is 0 Å². The molecule has 0 fully saturated rings. The Bertz CT molecular complexity index is 323. The monoisotopic (exact) mass is 372 g/mol. The second kappa shape index (κ2) is 16.6. The van der Waals surface area contributed by atoms with Crippen molar-refractivity contribution in [2.24, 2.45) is 11.3 Å². The van der Waals surface area contributed by atoms with Crippen molar-refractivity contribution >= 4 is 5.97 Å². The summed E-state index contributed by atoms with van der Waals surface area (Å²) in [5.41, 5.74) is 0.333. The number of carbonyl (C=O) groups is 1. The number of carbonyl (C=O) groups excluding carboxylic acids is 1. The Morgan fingerprint density at radius 2 is 1.46 bits per heavy atom. The molecule has 4 heteroatoms. The van der Waals surface area contributed by atoms with Gasteiger partial charge in [0.15, 0.2) is 0 Å². The van der Waals surface area contributed by atoms with Crippen LogP contribution in [0, 0.1) is 11.3 Å². The summed E-state index contributed by atoms with van der Waals surface area (Å²) in [7, 11) is 0. The molecule has 0 amide bonds. The Morgan fingerprint density at radius 1 is 0.846 bits per heavy atom. The molecule has 0 aromatic carbocycles. The molecule has 0 heterocycles. The van der Waals surface area contributed by atoms with Crippen LogP contribution >= 0.6 is 0 Å². The lowest BCUT2D eigenvalue weighted by Gasteiger charge is -2.22. The molecule has 0 aliphatic rings. The summed E-state index contributed by atoms with van der Waals surface area (Å²) >= 11 is 0. The number of hydrogen-bond donors (Lipinski definition) is 0. The number of rotatable bonds is 17. The molecule has 0 saturated heterocycles. The van der Waals surface area contributed by atoms with Gasteiger partial charge < -0.3 is 14.2 Å². The third-order valence-corrected chi connectivity index (χ3v) is 4.27. The molecule has 0 radical (unpaired) electrons. The lowest BCUT2D eigenvalue weighted by molar-refractivity contribution is -0.144. The van der Waals surface area contributed by atoms with Gasteiger partial charge in [0.1, 0.15) is 0 Å². The average Bonchev–Trinajstić information content (AvgIpc) is 2.54. The maximum absolute atomic E-state index is 11.7. The summed E-state index contributed by atoms with van der Waals surface area (Å²) in [6, 6.07) is 0. The quantitative estimate of drug-likeness (QED) is 0.240. The van der Waals surface area contributed by atoms with Gasteiger partial charge in [0.2, 0.25) is 0 Å². The van der Waals surface area contributed by atoms with Gasteiger partial charge in [-0.3, -0.25) is 4.79 Å². The predicted octanol–water partition coefficient (Wildman–Crippen LogP) is 5.78. The number of ether oxygens (including phenoxy) is 3. The van der Waals surface area contributed by atoms with E-state index in [4.69, 9.17) is 14.2 Å². The minimum atomic E-state index is -0.111. The molecule has 0 aromatic heterocycles. The standard InChI is InChI=1S/C22H44O4/c1-6-7-8-9-10-14-24-17-18-25-15-11-12-21(23)26-16-13-20(2)19-22(3,4)5/h20H,6-19H2,1-5H3. The van der Waals surface area contributed by atoms with Crippen molar-refractivity contribution in [3.05, 3.63) is 0 Å². The van der Waals surface area contributed by atoms with Crippen molar-refractivity contribution in [2.75, 3.05) is 33.0 Å². The fraction of sp³-hybridized carbons (Fsp3) is 0.955. The van der Waals surface area contributed by atoms with Gasteiger partial charge in [-0.25, -0.2) is 0 Å². The Kier molecular flexibility index (Phi) is 16.2. The van der Waals surface area contributed by atoms with Gasteiger partial charge in [0, 0.05) is 19.6 Å². The largest absolute Gasteiger partial charge is 0.466 e. The lowest BCUT2D eigenvalue weighted by atomic mass is 9.84. The molecule has 0 aliphatic carbocycles. The van der Waals surface area contributed by atoms with E-state index in [2.05, 4.69) is 34.6 Å². The molecule has 0 aromatic rings. The maximum atomic E-state index is 11.7. The second-order valence-corrected chi connectivity index (χ2v) is 8.62. The smallest absolute Gasteiger partial charge is 0.305 e. The van der Waals surface area contributed by atoms with Gasteiger partial charge in [0.25, 0.3) is 0 Å². The zero-order valence-electron chi connectivity index (χ0n) is 18.1. The molecular weight excluding hydrogens is 328 g/mol. The van der Waals surface area contributed by atoms with E-state index in [1.165, 1.54) is 25.7 Å². The van der Waals surface area contributed by atoms with Crippen LogP contribution in [0.3, 0.4) is 0 Å². The van der Waals surface area contributed by atoms with E-state index in [9.17, 15) is 4.79 Å². The Balaban J connectivity index is 3.31. The molecule has 156 valence electrons. The fourth-order valence-corrected chi connectivity index (χ4v) is 3.04. The van der Waals surface area contributed by atoms with Crippen molar-refractivity contribution in [1.29, 1.82) is 0 Å². The summed E-state index contributed by atoms with van der Waals surface area (Å²) in [4.78, 5) is 11.7. The van der Waals surface area contributed by atoms with E-state index in [0.717, 1.165) is 25.9 Å². The van der Waals surface area contributed by atoms with E-state index >= 15 is 0 Å². The third kappa shape index (κ3) is 19.7. The molecule has 1 atom stereocenters. The Labute approximate surface area is 162 Å². The van der Waals surface area contributed by atoms with Gasteiger partial charge >= 0.3 is 5.97 Å². The predicted molar refractivity (Wildman–Crippen MR) is 108 cm³/mol. The zero-order chi connectivity index (χ0) is 19.7. The van der Waals surface area contributed by atoms with Crippen LogP contribution in [-0.2, 0) is 19.0 Å². The summed E-state index contributed by atoms with van der Waals surface area (Å²) in [6.45, 7) is 14.4. The van der Waals surface area contributed by atoms with Crippen LogP contribution in [0.25, 0.3) is 0 Å². The van der Waals surface area contributed by atoms with Crippen molar-refractivity contribution in [3.63, 3.8) is 0 Å². The topological polar surface area (TPSA) is 44.8 Å². The molecule has 26 heavy (non-hydrogen) atoms. The molecule has 0 spiro atoms. The minimum absolute atomic E-state index is 0.111. The van der Waals surface area contributed by atoms with Crippen LogP contribution < -0.4 is 0 Å². The normalized spacial score (nSPS) is 13.0. The number of unbranched alkanes of at least 4 members (excludes halogenated alkanes) is 4. The molecule has 0 rings (SSSR count). The summed E-state index contributed by atoms with van der Waals surface area (Å²) in [5, 5.41) is 0. The highest BCUT2D eigenvalue weighted by Gasteiger charge is 2.15.